The average Bonchev–Trinajstić information content (AvgIpc) is 3.39. The monoisotopic (exact) mass is 491 g/mol. The third-order valence-corrected chi connectivity index (χ3v) is 7.82. The Morgan fingerprint density at radius 2 is 1.76 bits per heavy atom. The number of aromatic nitrogens is 5. The maximum absolute atomic E-state index is 13.7. The van der Waals surface area contributed by atoms with Gasteiger partial charge in [-0.05, 0) is 56.9 Å². The predicted molar refractivity (Wildman–Crippen MR) is 131 cm³/mol. The van der Waals surface area contributed by atoms with Crippen molar-refractivity contribution in [3.63, 3.8) is 0 Å². The van der Waals surface area contributed by atoms with Crippen molar-refractivity contribution < 1.29 is 12.9 Å². The maximum Gasteiger partial charge on any atom is 0.269 e. The van der Waals surface area contributed by atoms with Gasteiger partial charge in [0.05, 0.1) is 27.5 Å². The normalized spacial score (nSPS) is 11.9. The Bertz CT molecular complexity index is 1620. The lowest BCUT2D eigenvalue weighted by molar-refractivity contribution is 0.393. The molecule has 4 aromatic heterocycles. The number of aryl methyl sites for hydroxylation is 3. The number of pyridine rings is 1. The molecule has 0 saturated heterocycles. The molecule has 0 atom stereocenters. The van der Waals surface area contributed by atoms with Crippen LogP contribution in [0.1, 0.15) is 17.0 Å². The number of rotatable bonds is 5. The van der Waals surface area contributed by atoms with E-state index in [0.29, 0.717) is 44.6 Å². The number of hydrogen-bond donors (Lipinski definition) is 0. The second-order valence-electron chi connectivity index (χ2n) is 7.81. The summed E-state index contributed by atoms with van der Waals surface area (Å²) >= 11 is 1.42. The molecule has 34 heavy (non-hydrogen) atoms. The molecule has 0 unspecified atom stereocenters. The van der Waals surface area contributed by atoms with Crippen LogP contribution in [-0.4, -0.2) is 38.8 Å². The van der Waals surface area contributed by atoms with Crippen molar-refractivity contribution in [2.24, 2.45) is 0 Å². The Kier molecular flexibility index (Phi) is 5.49. The molecule has 0 bridgehead atoms. The molecule has 10 heteroatoms. The van der Waals surface area contributed by atoms with Crippen molar-refractivity contribution in [2.45, 2.75) is 30.8 Å². The summed E-state index contributed by atoms with van der Waals surface area (Å²) in [6.45, 7) is 5.54. The van der Waals surface area contributed by atoms with Crippen LogP contribution in [0.25, 0.3) is 33.5 Å². The summed E-state index contributed by atoms with van der Waals surface area (Å²) in [6, 6.07) is 12.0. The van der Waals surface area contributed by atoms with Crippen LogP contribution >= 0.6 is 11.8 Å². The summed E-state index contributed by atoms with van der Waals surface area (Å²) in [4.78, 5) is 14.0. The first kappa shape index (κ1) is 22.3. The number of nitrogens with zero attached hydrogens (tertiary/aromatic N) is 5. The van der Waals surface area contributed by atoms with E-state index in [-0.39, 0.29) is 4.90 Å². The molecule has 0 radical (unpaired) electrons. The second kappa shape index (κ2) is 8.37. The van der Waals surface area contributed by atoms with E-state index in [0.717, 1.165) is 11.1 Å². The Morgan fingerprint density at radius 3 is 2.44 bits per heavy atom. The van der Waals surface area contributed by atoms with Gasteiger partial charge in [0, 0.05) is 23.3 Å². The molecule has 1 aromatic carbocycles. The van der Waals surface area contributed by atoms with E-state index < -0.39 is 10.0 Å². The van der Waals surface area contributed by atoms with Gasteiger partial charge in [-0.3, -0.25) is 0 Å². The Morgan fingerprint density at radius 1 is 1.00 bits per heavy atom. The number of benzene rings is 1. The van der Waals surface area contributed by atoms with E-state index in [4.69, 9.17) is 9.51 Å². The lowest BCUT2D eigenvalue weighted by Gasteiger charge is -2.08. The molecule has 0 aliphatic heterocycles. The Hall–Kier alpha value is -3.50. The summed E-state index contributed by atoms with van der Waals surface area (Å²) in [6.07, 6.45) is 5.24. The highest BCUT2D eigenvalue weighted by Crippen LogP contribution is 2.35. The summed E-state index contributed by atoms with van der Waals surface area (Å²) in [5.41, 5.74) is 4.49. The molecule has 5 rings (SSSR count). The number of fused-ring (bicyclic) bond motifs is 1. The van der Waals surface area contributed by atoms with Crippen molar-refractivity contribution >= 4 is 32.8 Å². The summed E-state index contributed by atoms with van der Waals surface area (Å²) < 4.78 is 33.9. The minimum absolute atomic E-state index is 0.173. The first-order chi connectivity index (χ1) is 16.3. The van der Waals surface area contributed by atoms with Gasteiger partial charge in [0.15, 0.2) is 10.8 Å². The van der Waals surface area contributed by atoms with Crippen LogP contribution in [0, 0.1) is 20.8 Å². The third kappa shape index (κ3) is 3.59. The van der Waals surface area contributed by atoms with Crippen molar-refractivity contribution in [1.29, 1.82) is 0 Å². The molecule has 0 fully saturated rings. The first-order valence-corrected chi connectivity index (χ1v) is 13.1. The molecule has 8 nitrogen and oxygen atoms in total. The van der Waals surface area contributed by atoms with Gasteiger partial charge >= 0.3 is 0 Å². The average molecular weight is 492 g/mol. The van der Waals surface area contributed by atoms with Gasteiger partial charge in [0.25, 0.3) is 10.0 Å². The van der Waals surface area contributed by atoms with Crippen LogP contribution in [0.5, 0.6) is 0 Å². The number of thioether (sulfide) groups is 1. The zero-order chi connectivity index (χ0) is 24.0. The molecular formula is C24H21N5O3S2. The summed E-state index contributed by atoms with van der Waals surface area (Å²) in [5, 5.41) is 5.29. The first-order valence-electron chi connectivity index (χ1n) is 10.4. The maximum atomic E-state index is 13.7. The van der Waals surface area contributed by atoms with Crippen LogP contribution in [0.2, 0.25) is 0 Å². The lowest BCUT2D eigenvalue weighted by atomic mass is 10.1. The third-order valence-electron chi connectivity index (χ3n) is 5.60. The van der Waals surface area contributed by atoms with E-state index in [1.165, 1.54) is 15.7 Å². The zero-order valence-corrected chi connectivity index (χ0v) is 20.6. The van der Waals surface area contributed by atoms with Gasteiger partial charge in [-0.25, -0.2) is 27.3 Å². The van der Waals surface area contributed by atoms with Gasteiger partial charge in [-0.15, -0.1) is 0 Å². The molecular weight excluding hydrogens is 470 g/mol. The van der Waals surface area contributed by atoms with E-state index in [9.17, 15) is 8.42 Å². The summed E-state index contributed by atoms with van der Waals surface area (Å²) in [7, 11) is -3.92. The van der Waals surface area contributed by atoms with Gasteiger partial charge < -0.3 is 4.52 Å². The van der Waals surface area contributed by atoms with Crippen LogP contribution in [0.15, 0.2) is 69.4 Å². The Labute approximate surface area is 201 Å². The van der Waals surface area contributed by atoms with Crippen molar-refractivity contribution in [3.05, 3.63) is 71.9 Å². The SMILES string of the molecule is CSc1ncc(C)c(-c2cn(S(=O)(=O)c3ccccc3)c3nc(-c4c(C)noc4C)ccc23)n1. The molecule has 0 saturated carbocycles. The van der Waals surface area contributed by atoms with Crippen molar-refractivity contribution in [3.8, 4) is 22.5 Å². The molecule has 4 heterocycles. The van der Waals surface area contributed by atoms with Crippen LogP contribution in [-0.2, 0) is 10.0 Å². The lowest BCUT2D eigenvalue weighted by Crippen LogP contribution is -2.12. The number of hydrogen-bond acceptors (Lipinski definition) is 8. The molecule has 0 N–H and O–H groups in total. The van der Waals surface area contributed by atoms with Crippen LogP contribution in [0.4, 0.5) is 0 Å². The predicted octanol–water partition coefficient (Wildman–Crippen LogP) is 5.03. The molecule has 0 amide bonds. The quantitative estimate of drug-likeness (QED) is 0.249. The largest absolute Gasteiger partial charge is 0.361 e. The van der Waals surface area contributed by atoms with E-state index >= 15 is 0 Å². The fourth-order valence-corrected chi connectivity index (χ4v) is 5.62. The van der Waals surface area contributed by atoms with Gasteiger partial charge in [0.1, 0.15) is 5.76 Å². The highest BCUT2D eigenvalue weighted by molar-refractivity contribution is 7.98. The zero-order valence-electron chi connectivity index (χ0n) is 19.0. The summed E-state index contributed by atoms with van der Waals surface area (Å²) in [5.74, 6) is 0.616. The van der Waals surface area contributed by atoms with Crippen molar-refractivity contribution in [2.75, 3.05) is 6.26 Å². The molecule has 0 spiro atoms. The molecule has 172 valence electrons. The van der Waals surface area contributed by atoms with E-state index in [1.807, 2.05) is 32.2 Å². The van der Waals surface area contributed by atoms with Crippen molar-refractivity contribution in [1.82, 2.24) is 24.1 Å². The highest BCUT2D eigenvalue weighted by Gasteiger charge is 2.25. The van der Waals surface area contributed by atoms with Crippen LogP contribution in [0.3, 0.4) is 0 Å². The van der Waals surface area contributed by atoms with E-state index in [1.54, 1.807) is 49.6 Å². The van der Waals surface area contributed by atoms with Crippen LogP contribution < -0.4 is 0 Å². The fraction of sp³-hybridized carbons (Fsp3) is 0.167. The second-order valence-corrected chi connectivity index (χ2v) is 10.4. The van der Waals surface area contributed by atoms with Gasteiger partial charge in [-0.1, -0.05) is 35.1 Å². The highest BCUT2D eigenvalue weighted by atomic mass is 32.2. The molecule has 5 aromatic rings. The smallest absolute Gasteiger partial charge is 0.269 e. The molecule has 0 aliphatic carbocycles. The Balaban J connectivity index is 1.84. The molecule has 0 aliphatic rings. The fourth-order valence-electron chi connectivity index (χ4n) is 3.94. The minimum atomic E-state index is -3.92. The topological polar surface area (TPSA) is 104 Å². The minimum Gasteiger partial charge on any atom is -0.361 e. The van der Waals surface area contributed by atoms with Gasteiger partial charge in [0.2, 0.25) is 0 Å². The van der Waals surface area contributed by atoms with Gasteiger partial charge in [-0.2, -0.15) is 0 Å². The van der Waals surface area contributed by atoms with E-state index in [2.05, 4.69) is 15.1 Å². The standard InChI is InChI=1S/C24H21N5O3S2/c1-14-12-25-24(33-4)27-22(14)19-13-29(34(30,31)17-8-6-5-7-9-17)23-18(19)10-11-20(26-23)21-15(2)28-32-16(21)3/h5-13H,1-4H3.